The van der Waals surface area contributed by atoms with Crippen molar-refractivity contribution in [1.29, 1.82) is 0 Å². The Labute approximate surface area is 248 Å². The highest BCUT2D eigenvalue weighted by Gasteiger charge is 2.70. The van der Waals surface area contributed by atoms with Crippen molar-refractivity contribution in [3.63, 3.8) is 0 Å². The van der Waals surface area contributed by atoms with Crippen LogP contribution in [0.15, 0.2) is 103 Å². The number of ether oxygens (including phenoxy) is 1. The van der Waals surface area contributed by atoms with Gasteiger partial charge in [-0.25, -0.2) is 4.39 Å². The number of benzene rings is 4. The number of fused-ring (bicyclic) bond motifs is 6. The van der Waals surface area contributed by atoms with Crippen LogP contribution in [0.5, 0.6) is 5.75 Å². The summed E-state index contributed by atoms with van der Waals surface area (Å²) < 4.78 is 19.8. The third kappa shape index (κ3) is 4.02. The minimum atomic E-state index is -1.44. The van der Waals surface area contributed by atoms with Crippen LogP contribution in [0, 0.1) is 11.7 Å². The second-order valence-electron chi connectivity index (χ2n) is 11.5. The molecule has 214 valence electrons. The molecule has 4 atom stereocenters. The summed E-state index contributed by atoms with van der Waals surface area (Å²) in [6.45, 7) is 3.85. The summed E-state index contributed by atoms with van der Waals surface area (Å²) in [7, 11) is 0. The van der Waals surface area contributed by atoms with Gasteiger partial charge in [0.15, 0.2) is 11.6 Å². The molecule has 1 N–H and O–H groups in total. The maximum Gasteiger partial charge on any atom is 0.238 e. The zero-order valence-corrected chi connectivity index (χ0v) is 23.7. The zero-order valence-electron chi connectivity index (χ0n) is 23.7. The molecule has 0 unspecified atom stereocenters. The molecule has 0 aromatic heterocycles. The highest BCUT2D eigenvalue weighted by Crippen LogP contribution is 2.62. The molecule has 0 saturated carbocycles. The molecule has 3 aliphatic heterocycles. The average molecular weight is 573 g/mol. The molecule has 4 aromatic rings. The van der Waals surface area contributed by atoms with Gasteiger partial charge in [0.05, 0.1) is 18.1 Å². The molecule has 0 radical (unpaired) electrons. The molecular formula is C36H29FN2O4. The first kappa shape index (κ1) is 26.8. The highest BCUT2D eigenvalue weighted by atomic mass is 19.1. The largest absolute Gasteiger partial charge is 0.491 e. The average Bonchev–Trinajstić information content (AvgIpc) is 3.49. The summed E-state index contributed by atoms with van der Waals surface area (Å²) in [6, 6.07) is 25.6. The lowest BCUT2D eigenvalue weighted by Gasteiger charge is -2.38. The third-order valence-electron chi connectivity index (χ3n) is 8.76. The molecule has 1 amide bonds. The van der Waals surface area contributed by atoms with Crippen LogP contribution in [0.2, 0.25) is 0 Å². The monoisotopic (exact) mass is 572 g/mol. The predicted molar refractivity (Wildman–Crippen MR) is 161 cm³/mol. The fraction of sp³-hybridized carbons (Fsp3) is 0.194. The molecule has 1 fully saturated rings. The van der Waals surface area contributed by atoms with Gasteiger partial charge in [0, 0.05) is 23.0 Å². The Morgan fingerprint density at radius 3 is 2.26 bits per heavy atom. The number of para-hydroxylation sites is 1. The van der Waals surface area contributed by atoms with Crippen LogP contribution in [0.3, 0.4) is 0 Å². The lowest BCUT2D eigenvalue weighted by molar-refractivity contribution is -0.122. The summed E-state index contributed by atoms with van der Waals surface area (Å²) in [5, 5.41) is 3.03. The van der Waals surface area contributed by atoms with Crippen LogP contribution < -0.4 is 10.1 Å². The number of carbonyl (C=O) groups is 3. The van der Waals surface area contributed by atoms with Gasteiger partial charge in [-0.15, -0.1) is 0 Å². The molecule has 1 spiro atoms. The number of hydrogen-bond donors (Lipinski definition) is 1. The van der Waals surface area contributed by atoms with Crippen molar-refractivity contribution in [3.8, 4) is 5.75 Å². The normalized spacial score (nSPS) is 23.1. The minimum absolute atomic E-state index is 0.0331. The number of halogens is 1. The number of rotatable bonds is 6. The Morgan fingerprint density at radius 2 is 1.51 bits per heavy atom. The highest BCUT2D eigenvalue weighted by molar-refractivity contribution is 6.16. The Balaban J connectivity index is 1.47. The molecule has 3 aliphatic rings. The van der Waals surface area contributed by atoms with E-state index in [1.165, 1.54) is 24.3 Å². The van der Waals surface area contributed by atoms with Crippen molar-refractivity contribution >= 4 is 29.2 Å². The number of anilines is 1. The predicted octanol–water partition coefficient (Wildman–Crippen LogP) is 6.59. The molecule has 0 aliphatic carbocycles. The summed E-state index contributed by atoms with van der Waals surface area (Å²) >= 11 is 0. The van der Waals surface area contributed by atoms with Gasteiger partial charge in [0.25, 0.3) is 0 Å². The maximum absolute atomic E-state index is 14.7. The van der Waals surface area contributed by atoms with Crippen LogP contribution in [-0.4, -0.2) is 34.5 Å². The fourth-order valence-corrected chi connectivity index (χ4v) is 7.10. The Kier molecular flexibility index (Phi) is 6.27. The quantitative estimate of drug-likeness (QED) is 0.264. The van der Waals surface area contributed by atoms with E-state index in [9.17, 15) is 18.8 Å². The van der Waals surface area contributed by atoms with Crippen molar-refractivity contribution in [3.05, 3.63) is 137 Å². The second-order valence-corrected chi connectivity index (χ2v) is 11.5. The van der Waals surface area contributed by atoms with E-state index in [0.717, 1.165) is 11.1 Å². The topological polar surface area (TPSA) is 75.7 Å². The Hall–Kier alpha value is -5.04. The molecule has 3 heterocycles. The van der Waals surface area contributed by atoms with E-state index in [1.807, 2.05) is 79.6 Å². The van der Waals surface area contributed by atoms with Crippen molar-refractivity contribution in [2.45, 2.75) is 37.5 Å². The molecular weight excluding hydrogens is 543 g/mol. The van der Waals surface area contributed by atoms with Crippen LogP contribution in [-0.2, 0) is 10.2 Å². The third-order valence-corrected chi connectivity index (χ3v) is 8.76. The van der Waals surface area contributed by atoms with Gasteiger partial charge in [0.1, 0.15) is 23.0 Å². The van der Waals surface area contributed by atoms with Gasteiger partial charge in [-0.1, -0.05) is 42.5 Å². The Bertz CT molecular complexity index is 1800. The van der Waals surface area contributed by atoms with Crippen molar-refractivity contribution < 1.29 is 23.5 Å². The first-order valence-corrected chi connectivity index (χ1v) is 14.4. The van der Waals surface area contributed by atoms with Gasteiger partial charge in [-0.3, -0.25) is 14.4 Å². The lowest BCUT2D eigenvalue weighted by Crippen LogP contribution is -2.49. The molecule has 4 aromatic carbocycles. The van der Waals surface area contributed by atoms with E-state index in [4.69, 9.17) is 4.74 Å². The number of Topliss-reactive ketones (excluding diaryl/α,β-unsaturated/α-hetero) is 2. The summed E-state index contributed by atoms with van der Waals surface area (Å²) in [6.07, 6.45) is 3.72. The van der Waals surface area contributed by atoms with E-state index in [-0.39, 0.29) is 23.4 Å². The number of hydrogen-bond acceptors (Lipinski definition) is 5. The number of nitrogens with zero attached hydrogens (tertiary/aromatic N) is 1. The fourth-order valence-electron chi connectivity index (χ4n) is 7.10. The smallest absolute Gasteiger partial charge is 0.238 e. The lowest BCUT2D eigenvalue weighted by atomic mass is 9.62. The Morgan fingerprint density at radius 1 is 0.860 bits per heavy atom. The second kappa shape index (κ2) is 10.1. The van der Waals surface area contributed by atoms with Gasteiger partial charge in [0.2, 0.25) is 5.91 Å². The molecule has 0 bridgehead atoms. The van der Waals surface area contributed by atoms with Crippen LogP contribution in [0.25, 0.3) is 6.08 Å². The van der Waals surface area contributed by atoms with Crippen molar-refractivity contribution in [2.75, 3.05) is 5.32 Å². The zero-order chi connectivity index (χ0) is 29.9. The number of amides is 1. The van der Waals surface area contributed by atoms with E-state index in [0.29, 0.717) is 22.6 Å². The van der Waals surface area contributed by atoms with Gasteiger partial charge < -0.3 is 15.0 Å². The standard InChI is InChI=1S/C36H29FN2O4/c1-21(2)43-26-17-13-24(14-18-26)33(41)31-30(32(40)23-11-15-25(37)16-12-23)36(28-9-5-6-10-29(28)38-35(36)42)34-27-8-4-3-7-22(27)19-20-39(31)34/h3-21,30-31,34H,1-2H3,(H,38,42)/t30-,31+,34-,36+/m1/s1. The molecule has 1 saturated heterocycles. The molecule has 6 nitrogen and oxygen atoms in total. The molecule has 43 heavy (non-hydrogen) atoms. The van der Waals surface area contributed by atoms with E-state index < -0.39 is 35.0 Å². The first-order valence-electron chi connectivity index (χ1n) is 14.4. The van der Waals surface area contributed by atoms with E-state index in [1.54, 1.807) is 24.3 Å². The van der Waals surface area contributed by atoms with Crippen LogP contribution >= 0.6 is 0 Å². The van der Waals surface area contributed by atoms with Crippen molar-refractivity contribution in [2.24, 2.45) is 5.92 Å². The summed E-state index contributed by atoms with van der Waals surface area (Å²) in [5.74, 6) is -2.01. The van der Waals surface area contributed by atoms with Crippen LogP contribution in [0.1, 0.15) is 57.3 Å². The number of ketones is 2. The SMILES string of the molecule is CC(C)Oc1ccc(C(=O)[C@@H]2[C@H](C(=O)c3ccc(F)cc3)[C@]3(C(=O)Nc4ccccc43)[C@H]3c4ccccc4C=CN23)cc1. The summed E-state index contributed by atoms with van der Waals surface area (Å²) in [5.41, 5.74) is 2.23. The first-order chi connectivity index (χ1) is 20.8. The summed E-state index contributed by atoms with van der Waals surface area (Å²) in [4.78, 5) is 45.7. The van der Waals surface area contributed by atoms with Gasteiger partial charge >= 0.3 is 0 Å². The minimum Gasteiger partial charge on any atom is -0.491 e. The molecule has 7 rings (SSSR count). The van der Waals surface area contributed by atoms with Gasteiger partial charge in [-0.2, -0.15) is 0 Å². The molecule has 7 heteroatoms. The maximum atomic E-state index is 14.7. The van der Waals surface area contributed by atoms with Crippen LogP contribution in [0.4, 0.5) is 10.1 Å². The van der Waals surface area contributed by atoms with E-state index >= 15 is 0 Å². The number of carbonyl (C=O) groups excluding carboxylic acids is 3. The van der Waals surface area contributed by atoms with Crippen molar-refractivity contribution in [1.82, 2.24) is 4.90 Å². The van der Waals surface area contributed by atoms with E-state index in [2.05, 4.69) is 5.32 Å². The number of nitrogens with one attached hydrogen (secondary N) is 1. The van der Waals surface area contributed by atoms with Gasteiger partial charge in [-0.05, 0) is 91.2 Å².